The molecule has 2 amide bonds. The molecule has 3 atom stereocenters. The molecule has 7 nitrogen and oxygen atoms in total. The van der Waals surface area contributed by atoms with Gasteiger partial charge in [0.05, 0.1) is 25.4 Å². The summed E-state index contributed by atoms with van der Waals surface area (Å²) in [5, 5.41) is 5.96. The summed E-state index contributed by atoms with van der Waals surface area (Å²) in [5.74, 6) is -0.142. The number of nitrogens with zero attached hydrogens (tertiary/aromatic N) is 1. The maximum Gasteiger partial charge on any atom is 0.254 e. The average Bonchev–Trinajstić information content (AvgIpc) is 2.61. The smallest absolute Gasteiger partial charge is 0.254 e. The molecular formula is C18H25N3O4. The SMILES string of the molecule is CC1CN(C(=O)c2ccc(NC(=O)C3COCCN3)cc2)CC(C)O1. The predicted octanol–water partition coefficient (Wildman–Crippen LogP) is 0.863. The van der Waals surface area contributed by atoms with Crippen molar-refractivity contribution in [3.05, 3.63) is 29.8 Å². The van der Waals surface area contributed by atoms with Crippen LogP contribution in [0.4, 0.5) is 5.69 Å². The molecule has 0 spiro atoms. The molecule has 136 valence electrons. The van der Waals surface area contributed by atoms with Gasteiger partial charge in [0.25, 0.3) is 5.91 Å². The van der Waals surface area contributed by atoms with Crippen molar-refractivity contribution in [1.82, 2.24) is 10.2 Å². The van der Waals surface area contributed by atoms with Crippen molar-refractivity contribution in [3.8, 4) is 0 Å². The number of amides is 2. The highest BCUT2D eigenvalue weighted by Crippen LogP contribution is 2.16. The lowest BCUT2D eigenvalue weighted by Crippen LogP contribution is -2.48. The van der Waals surface area contributed by atoms with Gasteiger partial charge in [0.15, 0.2) is 0 Å². The van der Waals surface area contributed by atoms with Crippen molar-refractivity contribution < 1.29 is 19.1 Å². The summed E-state index contributed by atoms with van der Waals surface area (Å²) in [6.07, 6.45) is 0.0768. The van der Waals surface area contributed by atoms with E-state index in [0.29, 0.717) is 44.1 Å². The minimum Gasteiger partial charge on any atom is -0.378 e. The van der Waals surface area contributed by atoms with Crippen LogP contribution in [-0.4, -0.2) is 67.8 Å². The van der Waals surface area contributed by atoms with Gasteiger partial charge in [-0.3, -0.25) is 9.59 Å². The fourth-order valence-corrected chi connectivity index (χ4v) is 3.19. The Morgan fingerprint density at radius 3 is 2.44 bits per heavy atom. The number of hydrogen-bond acceptors (Lipinski definition) is 5. The van der Waals surface area contributed by atoms with Crippen LogP contribution in [0.5, 0.6) is 0 Å². The van der Waals surface area contributed by atoms with Crippen LogP contribution in [0, 0.1) is 0 Å². The van der Waals surface area contributed by atoms with Gasteiger partial charge in [-0.05, 0) is 38.1 Å². The summed E-state index contributed by atoms with van der Waals surface area (Å²) < 4.78 is 11.0. The Morgan fingerprint density at radius 2 is 1.84 bits per heavy atom. The predicted molar refractivity (Wildman–Crippen MR) is 93.6 cm³/mol. The molecule has 2 fully saturated rings. The topological polar surface area (TPSA) is 79.9 Å². The number of anilines is 1. The minimum atomic E-state index is -0.341. The largest absolute Gasteiger partial charge is 0.378 e. The van der Waals surface area contributed by atoms with Crippen LogP contribution in [0.15, 0.2) is 24.3 Å². The number of nitrogens with one attached hydrogen (secondary N) is 2. The molecule has 0 aliphatic carbocycles. The van der Waals surface area contributed by atoms with Gasteiger partial charge in [0.2, 0.25) is 5.91 Å². The number of carbonyl (C=O) groups excluding carboxylic acids is 2. The Morgan fingerprint density at radius 1 is 1.16 bits per heavy atom. The first kappa shape index (κ1) is 17.8. The van der Waals surface area contributed by atoms with E-state index in [0.717, 1.165) is 0 Å². The second-order valence-corrected chi connectivity index (χ2v) is 6.62. The number of morpholine rings is 2. The van der Waals surface area contributed by atoms with Gasteiger partial charge >= 0.3 is 0 Å². The molecule has 0 bridgehead atoms. The zero-order valence-corrected chi connectivity index (χ0v) is 14.7. The van der Waals surface area contributed by atoms with Crippen molar-refractivity contribution in [2.75, 3.05) is 38.2 Å². The van der Waals surface area contributed by atoms with Crippen LogP contribution < -0.4 is 10.6 Å². The Bertz CT molecular complexity index is 603. The van der Waals surface area contributed by atoms with E-state index in [4.69, 9.17) is 9.47 Å². The van der Waals surface area contributed by atoms with E-state index < -0.39 is 0 Å². The van der Waals surface area contributed by atoms with Gasteiger partial charge in [-0.2, -0.15) is 0 Å². The molecule has 7 heteroatoms. The van der Waals surface area contributed by atoms with Gasteiger partial charge in [0.1, 0.15) is 6.04 Å². The summed E-state index contributed by atoms with van der Waals surface area (Å²) in [6.45, 7) is 6.79. The first-order chi connectivity index (χ1) is 12.0. The molecule has 1 aromatic carbocycles. The fourth-order valence-electron chi connectivity index (χ4n) is 3.19. The Labute approximate surface area is 147 Å². The van der Waals surface area contributed by atoms with E-state index in [1.165, 1.54) is 0 Å². The van der Waals surface area contributed by atoms with E-state index in [9.17, 15) is 9.59 Å². The normalized spacial score (nSPS) is 27.0. The molecule has 0 radical (unpaired) electrons. The summed E-state index contributed by atoms with van der Waals surface area (Å²) in [6, 6.07) is 6.65. The molecule has 3 unspecified atom stereocenters. The highest BCUT2D eigenvalue weighted by atomic mass is 16.5. The molecular weight excluding hydrogens is 322 g/mol. The summed E-state index contributed by atoms with van der Waals surface area (Å²) >= 11 is 0. The number of carbonyl (C=O) groups is 2. The van der Waals surface area contributed by atoms with Crippen molar-refractivity contribution in [2.45, 2.75) is 32.1 Å². The number of benzene rings is 1. The van der Waals surface area contributed by atoms with Crippen molar-refractivity contribution in [3.63, 3.8) is 0 Å². The molecule has 3 rings (SSSR count). The molecule has 0 saturated carbocycles. The lowest BCUT2D eigenvalue weighted by Gasteiger charge is -2.35. The van der Waals surface area contributed by atoms with Crippen LogP contribution in [0.3, 0.4) is 0 Å². The lowest BCUT2D eigenvalue weighted by atomic mass is 10.1. The summed E-state index contributed by atoms with van der Waals surface area (Å²) in [4.78, 5) is 26.6. The van der Waals surface area contributed by atoms with Crippen molar-refractivity contribution in [1.29, 1.82) is 0 Å². The van der Waals surface area contributed by atoms with Gasteiger partial charge < -0.3 is 25.0 Å². The monoisotopic (exact) mass is 347 g/mol. The van der Waals surface area contributed by atoms with Crippen LogP contribution >= 0.6 is 0 Å². The van der Waals surface area contributed by atoms with Gasteiger partial charge in [-0.25, -0.2) is 0 Å². The van der Waals surface area contributed by atoms with Gasteiger partial charge in [-0.15, -0.1) is 0 Å². The average molecular weight is 347 g/mol. The zero-order valence-electron chi connectivity index (χ0n) is 14.7. The summed E-state index contributed by atoms with van der Waals surface area (Å²) in [5.41, 5.74) is 1.27. The Kier molecular flexibility index (Phi) is 5.67. The van der Waals surface area contributed by atoms with E-state index in [2.05, 4.69) is 10.6 Å². The molecule has 2 aliphatic heterocycles. The van der Waals surface area contributed by atoms with Gasteiger partial charge in [0, 0.05) is 30.9 Å². The third-order valence-electron chi connectivity index (χ3n) is 4.34. The van der Waals surface area contributed by atoms with Crippen LogP contribution in [-0.2, 0) is 14.3 Å². The highest BCUT2D eigenvalue weighted by Gasteiger charge is 2.26. The maximum atomic E-state index is 12.6. The molecule has 2 saturated heterocycles. The quantitative estimate of drug-likeness (QED) is 0.848. The number of ether oxygens (including phenoxy) is 2. The Balaban J connectivity index is 1.59. The second kappa shape index (κ2) is 7.95. The van der Waals surface area contributed by atoms with Gasteiger partial charge in [-0.1, -0.05) is 0 Å². The third-order valence-corrected chi connectivity index (χ3v) is 4.34. The summed E-state index contributed by atoms with van der Waals surface area (Å²) in [7, 11) is 0. The van der Waals surface area contributed by atoms with Crippen LogP contribution in [0.25, 0.3) is 0 Å². The molecule has 1 aromatic rings. The third kappa shape index (κ3) is 4.56. The first-order valence-electron chi connectivity index (χ1n) is 8.69. The highest BCUT2D eigenvalue weighted by molar-refractivity contribution is 5.97. The minimum absolute atomic E-state index is 0.0118. The molecule has 0 aromatic heterocycles. The number of hydrogen-bond donors (Lipinski definition) is 2. The van der Waals surface area contributed by atoms with Crippen molar-refractivity contribution >= 4 is 17.5 Å². The Hall–Kier alpha value is -1.96. The van der Waals surface area contributed by atoms with Crippen LogP contribution in [0.2, 0.25) is 0 Å². The lowest BCUT2D eigenvalue weighted by molar-refractivity contribution is -0.120. The zero-order chi connectivity index (χ0) is 17.8. The van der Waals surface area contributed by atoms with Crippen molar-refractivity contribution in [2.24, 2.45) is 0 Å². The molecule has 2 N–H and O–H groups in total. The van der Waals surface area contributed by atoms with E-state index in [1.807, 2.05) is 18.7 Å². The maximum absolute atomic E-state index is 12.6. The standard InChI is InChI=1S/C18H25N3O4/c1-12-9-21(10-13(2)25-12)18(23)14-3-5-15(6-4-14)20-17(22)16-11-24-8-7-19-16/h3-6,12-13,16,19H,7-11H2,1-2H3,(H,20,22). The first-order valence-corrected chi connectivity index (χ1v) is 8.69. The molecule has 25 heavy (non-hydrogen) atoms. The second-order valence-electron chi connectivity index (χ2n) is 6.62. The van der Waals surface area contributed by atoms with Crippen LogP contribution in [0.1, 0.15) is 24.2 Å². The molecule has 2 aliphatic rings. The van der Waals surface area contributed by atoms with E-state index in [-0.39, 0.29) is 30.1 Å². The van der Waals surface area contributed by atoms with E-state index >= 15 is 0 Å². The number of rotatable bonds is 3. The molecule has 2 heterocycles. The fraction of sp³-hybridized carbons (Fsp3) is 0.556. The van der Waals surface area contributed by atoms with E-state index in [1.54, 1.807) is 24.3 Å².